The Hall–Kier alpha value is -0.710. The monoisotopic (exact) mass is 202 g/mol. The Labute approximate surface area is 82.1 Å². The average Bonchev–Trinajstić information content (AvgIpc) is 2.18. The zero-order chi connectivity index (χ0) is 9.68. The van der Waals surface area contributed by atoms with E-state index >= 15 is 0 Å². The summed E-state index contributed by atoms with van der Waals surface area (Å²) in [6.45, 7) is 2.62. The number of aliphatic imine (C=N–C) groups is 1. The third-order valence-electron chi connectivity index (χ3n) is 1.69. The highest BCUT2D eigenvalue weighted by atomic mass is 32.2. The predicted molar refractivity (Wildman–Crippen MR) is 54.0 cm³/mol. The Morgan fingerprint density at radius 2 is 2.54 bits per heavy atom. The standard InChI is InChI=1S/C8H14N2O2S/c1-6(7(11)12-2)10-8-9-4-3-5-13-8/h6H,3-5H2,1-2H3,(H,9,10). The maximum Gasteiger partial charge on any atom is 0.328 e. The number of ether oxygens (including phenoxy) is 1. The first-order valence-electron chi connectivity index (χ1n) is 4.25. The summed E-state index contributed by atoms with van der Waals surface area (Å²) in [7, 11) is 1.39. The minimum atomic E-state index is -0.311. The zero-order valence-corrected chi connectivity index (χ0v) is 8.69. The number of rotatable bonds is 2. The molecule has 0 saturated carbocycles. The van der Waals surface area contributed by atoms with Crippen molar-refractivity contribution in [2.45, 2.75) is 19.4 Å². The molecule has 0 aliphatic carbocycles. The van der Waals surface area contributed by atoms with Gasteiger partial charge in [-0.2, -0.15) is 0 Å². The Morgan fingerprint density at radius 1 is 1.77 bits per heavy atom. The Morgan fingerprint density at radius 3 is 3.08 bits per heavy atom. The molecule has 1 aliphatic rings. The molecule has 0 aromatic carbocycles. The molecule has 1 N–H and O–H groups in total. The maximum atomic E-state index is 11.0. The van der Waals surface area contributed by atoms with Crippen LogP contribution in [0.3, 0.4) is 0 Å². The first-order valence-corrected chi connectivity index (χ1v) is 5.24. The van der Waals surface area contributed by atoms with Crippen molar-refractivity contribution in [2.24, 2.45) is 4.99 Å². The van der Waals surface area contributed by atoms with Crippen LogP contribution in [0.15, 0.2) is 4.99 Å². The van der Waals surface area contributed by atoms with Crippen LogP contribution in [-0.2, 0) is 9.53 Å². The van der Waals surface area contributed by atoms with Crippen LogP contribution < -0.4 is 5.32 Å². The first kappa shape index (κ1) is 10.4. The number of carbonyl (C=O) groups is 1. The SMILES string of the molecule is COC(=O)C(C)NC1=NCCCS1. The van der Waals surface area contributed by atoms with Crippen LogP contribution in [0, 0.1) is 0 Å². The van der Waals surface area contributed by atoms with E-state index in [9.17, 15) is 4.79 Å². The fourth-order valence-corrected chi connectivity index (χ4v) is 1.88. The molecule has 1 atom stereocenters. The molecule has 74 valence electrons. The van der Waals surface area contributed by atoms with Crippen LogP contribution in [-0.4, -0.2) is 36.6 Å². The lowest BCUT2D eigenvalue weighted by Crippen LogP contribution is -2.38. The molecule has 4 nitrogen and oxygen atoms in total. The van der Waals surface area contributed by atoms with Gasteiger partial charge in [0.25, 0.3) is 0 Å². The number of hydrogen-bond acceptors (Lipinski definition) is 5. The van der Waals surface area contributed by atoms with Gasteiger partial charge in [0.15, 0.2) is 5.17 Å². The third-order valence-corrected chi connectivity index (χ3v) is 2.70. The van der Waals surface area contributed by atoms with Crippen molar-refractivity contribution >= 4 is 22.9 Å². The van der Waals surface area contributed by atoms with E-state index in [1.54, 1.807) is 18.7 Å². The van der Waals surface area contributed by atoms with Gasteiger partial charge in [0, 0.05) is 12.3 Å². The second-order valence-corrected chi connectivity index (χ2v) is 3.86. The van der Waals surface area contributed by atoms with Crippen molar-refractivity contribution < 1.29 is 9.53 Å². The minimum absolute atomic E-state index is 0.256. The number of nitrogens with one attached hydrogen (secondary N) is 1. The van der Waals surface area contributed by atoms with E-state index in [0.29, 0.717) is 0 Å². The summed E-state index contributed by atoms with van der Waals surface area (Å²) in [5.41, 5.74) is 0. The largest absolute Gasteiger partial charge is 0.467 e. The van der Waals surface area contributed by atoms with Crippen LogP contribution in [0.25, 0.3) is 0 Å². The second kappa shape index (κ2) is 5.11. The van der Waals surface area contributed by atoms with Gasteiger partial charge in [-0.1, -0.05) is 11.8 Å². The maximum absolute atomic E-state index is 11.0. The van der Waals surface area contributed by atoms with Gasteiger partial charge < -0.3 is 10.1 Å². The van der Waals surface area contributed by atoms with Gasteiger partial charge in [0.2, 0.25) is 0 Å². The quantitative estimate of drug-likeness (QED) is 0.667. The molecular formula is C8H14N2O2S. The van der Waals surface area contributed by atoms with E-state index in [1.165, 1.54) is 7.11 Å². The molecular weight excluding hydrogens is 188 g/mol. The molecule has 0 aromatic rings. The van der Waals surface area contributed by atoms with Crippen LogP contribution >= 0.6 is 11.8 Å². The molecule has 0 radical (unpaired) electrons. The molecule has 0 saturated heterocycles. The second-order valence-electron chi connectivity index (χ2n) is 2.78. The number of amidine groups is 1. The van der Waals surface area contributed by atoms with E-state index in [0.717, 1.165) is 23.9 Å². The Kier molecular flexibility index (Phi) is 4.08. The third kappa shape index (κ3) is 3.26. The van der Waals surface area contributed by atoms with Crippen LogP contribution in [0.1, 0.15) is 13.3 Å². The summed E-state index contributed by atoms with van der Waals surface area (Å²) in [6, 6.07) is -0.311. The van der Waals surface area contributed by atoms with Crippen LogP contribution in [0.4, 0.5) is 0 Å². The normalized spacial score (nSPS) is 18.8. The van der Waals surface area contributed by atoms with Gasteiger partial charge in [0.05, 0.1) is 7.11 Å². The smallest absolute Gasteiger partial charge is 0.328 e. The van der Waals surface area contributed by atoms with E-state index in [1.807, 2.05) is 0 Å². The fraction of sp³-hybridized carbons (Fsp3) is 0.750. The first-order chi connectivity index (χ1) is 6.24. The summed E-state index contributed by atoms with van der Waals surface area (Å²) in [6.07, 6.45) is 1.11. The number of nitrogens with zero attached hydrogens (tertiary/aromatic N) is 1. The van der Waals surface area contributed by atoms with E-state index in [2.05, 4.69) is 15.0 Å². The van der Waals surface area contributed by atoms with Gasteiger partial charge in [-0.05, 0) is 13.3 Å². The van der Waals surface area contributed by atoms with Crippen LogP contribution in [0.5, 0.6) is 0 Å². The van der Waals surface area contributed by atoms with Gasteiger partial charge >= 0.3 is 5.97 Å². The number of carbonyl (C=O) groups excluding carboxylic acids is 1. The molecule has 0 spiro atoms. The summed E-state index contributed by atoms with van der Waals surface area (Å²) in [5.74, 6) is 0.813. The molecule has 5 heteroatoms. The average molecular weight is 202 g/mol. The molecule has 1 rings (SSSR count). The highest BCUT2D eigenvalue weighted by molar-refractivity contribution is 8.13. The van der Waals surface area contributed by atoms with Crippen molar-refractivity contribution in [1.82, 2.24) is 5.32 Å². The highest BCUT2D eigenvalue weighted by Gasteiger charge is 2.15. The van der Waals surface area contributed by atoms with Crippen molar-refractivity contribution in [1.29, 1.82) is 0 Å². The van der Waals surface area contributed by atoms with Gasteiger partial charge in [0.1, 0.15) is 6.04 Å². The predicted octanol–water partition coefficient (Wildman–Crippen LogP) is 0.630. The van der Waals surface area contributed by atoms with E-state index in [-0.39, 0.29) is 12.0 Å². The lowest BCUT2D eigenvalue weighted by molar-refractivity contribution is -0.142. The van der Waals surface area contributed by atoms with E-state index in [4.69, 9.17) is 0 Å². The summed E-state index contributed by atoms with van der Waals surface area (Å²) < 4.78 is 4.59. The Balaban J connectivity index is 2.38. The number of esters is 1. The number of methoxy groups -OCH3 is 1. The van der Waals surface area contributed by atoms with Gasteiger partial charge in [-0.3, -0.25) is 4.99 Å². The zero-order valence-electron chi connectivity index (χ0n) is 7.87. The van der Waals surface area contributed by atoms with Crippen molar-refractivity contribution in [2.75, 3.05) is 19.4 Å². The molecule has 1 heterocycles. The van der Waals surface area contributed by atoms with Crippen molar-refractivity contribution in [3.8, 4) is 0 Å². The topological polar surface area (TPSA) is 50.7 Å². The number of hydrogen-bond donors (Lipinski definition) is 1. The van der Waals surface area contributed by atoms with E-state index < -0.39 is 0 Å². The number of thioether (sulfide) groups is 1. The molecule has 1 unspecified atom stereocenters. The molecule has 0 amide bonds. The fourth-order valence-electron chi connectivity index (χ4n) is 0.968. The molecule has 0 aromatic heterocycles. The lowest BCUT2D eigenvalue weighted by atomic mass is 10.3. The van der Waals surface area contributed by atoms with Crippen molar-refractivity contribution in [3.63, 3.8) is 0 Å². The molecule has 1 aliphatic heterocycles. The van der Waals surface area contributed by atoms with Crippen molar-refractivity contribution in [3.05, 3.63) is 0 Å². The molecule has 0 bridgehead atoms. The summed E-state index contributed by atoms with van der Waals surface area (Å²) >= 11 is 1.65. The van der Waals surface area contributed by atoms with Gasteiger partial charge in [-0.25, -0.2) is 4.79 Å². The van der Waals surface area contributed by atoms with Gasteiger partial charge in [-0.15, -0.1) is 0 Å². The minimum Gasteiger partial charge on any atom is -0.467 e. The highest BCUT2D eigenvalue weighted by Crippen LogP contribution is 2.10. The Bertz CT molecular complexity index is 218. The van der Waals surface area contributed by atoms with Crippen LogP contribution in [0.2, 0.25) is 0 Å². The molecule has 0 fully saturated rings. The summed E-state index contributed by atoms with van der Waals surface area (Å²) in [4.78, 5) is 15.3. The summed E-state index contributed by atoms with van der Waals surface area (Å²) in [5, 5.41) is 3.86. The molecule has 13 heavy (non-hydrogen) atoms. The lowest BCUT2D eigenvalue weighted by Gasteiger charge is -2.16.